The van der Waals surface area contributed by atoms with E-state index in [4.69, 9.17) is 5.26 Å². The van der Waals surface area contributed by atoms with Crippen LogP contribution in [-0.2, 0) is 0 Å². The summed E-state index contributed by atoms with van der Waals surface area (Å²) in [5, 5.41) is 43.4. The lowest BCUT2D eigenvalue weighted by Crippen LogP contribution is -2.13. The number of nitrogens with zero attached hydrogens (tertiary/aromatic N) is 7. The number of azo groups is 3. The molecule has 0 bridgehead atoms. The summed E-state index contributed by atoms with van der Waals surface area (Å²) in [4.78, 5) is 0. The molecule has 0 aliphatic rings. The molecule has 0 radical (unpaired) electrons. The molecule has 6 aromatic rings. The zero-order chi connectivity index (χ0) is 31.0. The summed E-state index contributed by atoms with van der Waals surface area (Å²) in [6, 6.07) is 41.0. The van der Waals surface area contributed by atoms with Gasteiger partial charge in [-0.3, -0.25) is 0 Å². The van der Waals surface area contributed by atoms with E-state index >= 15 is 0 Å². The highest BCUT2D eigenvalue weighted by atomic mass is 15.1. The third kappa shape index (κ3) is 6.79. The summed E-state index contributed by atoms with van der Waals surface area (Å²) in [6.45, 7) is 4.36. The fourth-order valence-corrected chi connectivity index (χ4v) is 4.83. The molecule has 1 unspecified atom stereocenters. The lowest BCUT2D eigenvalue weighted by atomic mass is 10.1. The van der Waals surface area contributed by atoms with Gasteiger partial charge in [0.15, 0.2) is 0 Å². The number of nitrogens with one attached hydrogen (secondary N) is 1. The number of hydrogen-bond acceptors (Lipinski definition) is 8. The quantitative estimate of drug-likeness (QED) is 0.170. The van der Waals surface area contributed by atoms with Crippen molar-refractivity contribution in [3.05, 3.63) is 127 Å². The minimum atomic E-state index is 0.375. The largest absolute Gasteiger partial charge is 0.382 e. The third-order valence-corrected chi connectivity index (χ3v) is 7.46. The fraction of sp³-hybridized carbons (Fsp3) is 0.108. The third-order valence-electron chi connectivity index (χ3n) is 7.46. The number of fused-ring (bicyclic) bond motifs is 2. The first-order valence-corrected chi connectivity index (χ1v) is 14.8. The van der Waals surface area contributed by atoms with E-state index in [0.717, 1.165) is 50.7 Å². The Labute approximate surface area is 261 Å². The molecule has 1 atom stereocenters. The Balaban J connectivity index is 1.22. The van der Waals surface area contributed by atoms with E-state index in [-0.39, 0.29) is 0 Å². The number of hydrogen-bond donors (Lipinski definition) is 1. The lowest BCUT2D eigenvalue weighted by Gasteiger charge is -2.15. The van der Waals surface area contributed by atoms with Crippen LogP contribution in [0.15, 0.2) is 152 Å². The van der Waals surface area contributed by atoms with Crippen LogP contribution < -0.4 is 5.32 Å². The molecule has 218 valence electrons. The van der Waals surface area contributed by atoms with Crippen LogP contribution in [0.1, 0.15) is 25.8 Å². The van der Waals surface area contributed by atoms with E-state index in [0.29, 0.717) is 28.7 Å². The summed E-state index contributed by atoms with van der Waals surface area (Å²) in [7, 11) is 0. The van der Waals surface area contributed by atoms with Crippen LogP contribution in [0.4, 0.5) is 39.8 Å². The monoisotopic (exact) mass is 586 g/mol. The Morgan fingerprint density at radius 3 is 1.42 bits per heavy atom. The molecule has 1 N–H and O–H groups in total. The molecule has 8 nitrogen and oxygen atoms in total. The first-order chi connectivity index (χ1) is 22.1. The first-order valence-electron chi connectivity index (χ1n) is 14.8. The SMILES string of the molecule is CCC(C)Nc1ccc(N=Nc2ccc(N=Nc3ccc(N=Nc4ccc(C#N)cc4)cc3)c3ccccc23)c2ccccc12. The van der Waals surface area contributed by atoms with E-state index in [9.17, 15) is 0 Å². The maximum Gasteiger partial charge on any atom is 0.0991 e. The normalized spacial score (nSPS) is 12.4. The van der Waals surface area contributed by atoms with E-state index < -0.39 is 0 Å². The van der Waals surface area contributed by atoms with Crippen LogP contribution in [0.2, 0.25) is 0 Å². The Morgan fingerprint density at radius 1 is 0.533 bits per heavy atom. The van der Waals surface area contributed by atoms with Gasteiger partial charge < -0.3 is 5.32 Å². The van der Waals surface area contributed by atoms with Crippen LogP contribution in [0, 0.1) is 11.3 Å². The zero-order valence-electron chi connectivity index (χ0n) is 25.0. The molecule has 0 fully saturated rings. The molecule has 45 heavy (non-hydrogen) atoms. The minimum Gasteiger partial charge on any atom is -0.382 e. The summed E-state index contributed by atoms with van der Waals surface area (Å²) in [5.41, 5.74) is 6.04. The molecule has 8 heteroatoms. The molecule has 0 aliphatic heterocycles. The van der Waals surface area contributed by atoms with Gasteiger partial charge in [0.25, 0.3) is 0 Å². The number of rotatable bonds is 9. The molecule has 0 amide bonds. The van der Waals surface area contributed by atoms with Crippen LogP contribution >= 0.6 is 0 Å². The topological polar surface area (TPSA) is 110 Å². The molecule has 0 aromatic heterocycles. The predicted octanol–water partition coefficient (Wildman–Crippen LogP) is 12.3. The van der Waals surface area contributed by atoms with Gasteiger partial charge in [-0.15, -0.1) is 15.3 Å². The van der Waals surface area contributed by atoms with Gasteiger partial charge in [-0.25, -0.2) is 0 Å². The molecular weight excluding hydrogens is 556 g/mol. The summed E-state index contributed by atoms with van der Waals surface area (Å²) in [5.74, 6) is 0. The number of benzene rings is 6. The van der Waals surface area contributed by atoms with Crippen molar-refractivity contribution in [2.24, 2.45) is 30.7 Å². The second-order valence-corrected chi connectivity index (χ2v) is 10.6. The summed E-state index contributed by atoms with van der Waals surface area (Å²) in [6.07, 6.45) is 1.04. The average Bonchev–Trinajstić information content (AvgIpc) is 3.10. The number of nitriles is 1. The summed E-state index contributed by atoms with van der Waals surface area (Å²) >= 11 is 0. The fourth-order valence-electron chi connectivity index (χ4n) is 4.83. The van der Waals surface area contributed by atoms with Crippen LogP contribution in [-0.4, -0.2) is 6.04 Å². The van der Waals surface area contributed by atoms with Gasteiger partial charge in [0.1, 0.15) is 0 Å². The summed E-state index contributed by atoms with van der Waals surface area (Å²) < 4.78 is 0. The maximum atomic E-state index is 8.93. The van der Waals surface area contributed by atoms with Crippen LogP contribution in [0.3, 0.4) is 0 Å². The van der Waals surface area contributed by atoms with E-state index in [2.05, 4.69) is 74.1 Å². The van der Waals surface area contributed by atoms with Crippen LogP contribution in [0.25, 0.3) is 21.5 Å². The van der Waals surface area contributed by atoms with Crippen molar-refractivity contribution in [1.82, 2.24) is 0 Å². The van der Waals surface area contributed by atoms with Crippen molar-refractivity contribution in [1.29, 1.82) is 5.26 Å². The Kier molecular flexibility index (Phi) is 8.70. The molecule has 6 rings (SSSR count). The van der Waals surface area contributed by atoms with Crippen molar-refractivity contribution in [3.63, 3.8) is 0 Å². The van der Waals surface area contributed by atoms with Crippen molar-refractivity contribution in [3.8, 4) is 6.07 Å². The first kappa shape index (κ1) is 29.0. The van der Waals surface area contributed by atoms with Gasteiger partial charge in [0.2, 0.25) is 0 Å². The highest BCUT2D eigenvalue weighted by Gasteiger charge is 2.09. The molecule has 0 aliphatic carbocycles. The predicted molar refractivity (Wildman–Crippen MR) is 181 cm³/mol. The molecule has 0 spiro atoms. The highest BCUT2D eigenvalue weighted by molar-refractivity contribution is 6.01. The Hall–Kier alpha value is -6.07. The minimum absolute atomic E-state index is 0.375. The van der Waals surface area contributed by atoms with E-state index in [1.165, 1.54) is 0 Å². The van der Waals surface area contributed by atoms with Crippen molar-refractivity contribution in [2.45, 2.75) is 26.3 Å². The second-order valence-electron chi connectivity index (χ2n) is 10.6. The van der Waals surface area contributed by atoms with Gasteiger partial charge in [0.05, 0.1) is 45.8 Å². The van der Waals surface area contributed by atoms with Crippen molar-refractivity contribution >= 4 is 61.4 Å². The van der Waals surface area contributed by atoms with Gasteiger partial charge in [0, 0.05) is 33.3 Å². The van der Waals surface area contributed by atoms with Crippen molar-refractivity contribution in [2.75, 3.05) is 5.32 Å². The van der Waals surface area contributed by atoms with Crippen LogP contribution in [0.5, 0.6) is 0 Å². The Bertz CT molecular complexity index is 2090. The number of anilines is 1. The highest BCUT2D eigenvalue weighted by Crippen LogP contribution is 2.37. The maximum absolute atomic E-state index is 8.93. The van der Waals surface area contributed by atoms with E-state index in [1.54, 1.807) is 24.3 Å². The van der Waals surface area contributed by atoms with Gasteiger partial charge in [-0.1, -0.05) is 55.5 Å². The van der Waals surface area contributed by atoms with Gasteiger partial charge in [-0.05, 0) is 86.1 Å². The Morgan fingerprint density at radius 2 is 0.933 bits per heavy atom. The zero-order valence-corrected chi connectivity index (χ0v) is 25.0. The smallest absolute Gasteiger partial charge is 0.0991 e. The molecular formula is C37H30N8. The second kappa shape index (κ2) is 13.5. The standard InChI is InChI=1S/C37H30N8/c1-3-25(2)39-34-20-21-36(31-9-5-4-8-30(31)34)44-45-37-23-22-35(32-10-6-7-11-33(32)37)43-42-29-18-16-28(17-19-29)41-40-27-14-12-26(24-38)13-15-27/h4-23,25,39H,3H2,1-2H3. The molecule has 0 saturated heterocycles. The molecule has 0 heterocycles. The average molecular weight is 587 g/mol. The molecule has 0 saturated carbocycles. The van der Waals surface area contributed by atoms with Crippen molar-refractivity contribution < 1.29 is 0 Å². The van der Waals surface area contributed by atoms with Gasteiger partial charge >= 0.3 is 0 Å². The van der Waals surface area contributed by atoms with E-state index in [1.807, 2.05) is 78.9 Å². The molecule has 6 aromatic carbocycles. The lowest BCUT2D eigenvalue weighted by molar-refractivity contribution is 0.765. The van der Waals surface area contributed by atoms with Gasteiger partial charge in [-0.2, -0.15) is 20.6 Å².